The van der Waals surface area contributed by atoms with Gasteiger partial charge >= 0.3 is 0 Å². The summed E-state index contributed by atoms with van der Waals surface area (Å²) in [5.74, 6) is 0.468. The van der Waals surface area contributed by atoms with Crippen LogP contribution >= 0.6 is 0 Å². The number of hydrogen-bond acceptors (Lipinski definition) is 3. The highest BCUT2D eigenvalue weighted by Gasteiger charge is 2.24. The third-order valence-corrected chi connectivity index (χ3v) is 3.12. The van der Waals surface area contributed by atoms with Gasteiger partial charge in [0.25, 0.3) is 0 Å². The number of likely N-dealkylation sites (tertiary alicyclic amines) is 1. The molecule has 1 atom stereocenters. The standard InChI is InChI=1S/C11H21N3O2/c1-9(15)13(2)7-10-4-3-5-14(8-10)11(16)6-12/h10H,3-8,12H2,1-2H3. The van der Waals surface area contributed by atoms with E-state index in [0.717, 1.165) is 32.5 Å². The molecule has 1 unspecified atom stereocenters. The van der Waals surface area contributed by atoms with Gasteiger partial charge < -0.3 is 15.5 Å². The molecule has 1 rings (SSSR count). The highest BCUT2D eigenvalue weighted by Crippen LogP contribution is 2.17. The molecule has 0 radical (unpaired) electrons. The van der Waals surface area contributed by atoms with Crippen LogP contribution < -0.4 is 5.73 Å². The van der Waals surface area contributed by atoms with Crippen molar-refractivity contribution in [3.05, 3.63) is 0 Å². The summed E-state index contributed by atoms with van der Waals surface area (Å²) in [4.78, 5) is 26.1. The summed E-state index contributed by atoms with van der Waals surface area (Å²) in [6.07, 6.45) is 2.08. The minimum Gasteiger partial charge on any atom is -0.346 e. The molecule has 2 amide bonds. The zero-order chi connectivity index (χ0) is 12.1. The lowest BCUT2D eigenvalue weighted by Gasteiger charge is -2.34. The van der Waals surface area contributed by atoms with E-state index in [0.29, 0.717) is 5.92 Å². The lowest BCUT2D eigenvalue weighted by molar-refractivity contribution is -0.132. The molecule has 0 spiro atoms. The Morgan fingerprint density at radius 2 is 2.19 bits per heavy atom. The summed E-state index contributed by atoms with van der Waals surface area (Å²) in [5, 5.41) is 0. The minimum absolute atomic E-state index is 0.00942. The van der Waals surface area contributed by atoms with Gasteiger partial charge in [0.05, 0.1) is 6.54 Å². The van der Waals surface area contributed by atoms with Crippen LogP contribution in [0.1, 0.15) is 19.8 Å². The lowest BCUT2D eigenvalue weighted by Crippen LogP contribution is -2.45. The predicted octanol–water partition coefficient (Wildman–Crippen LogP) is -0.338. The topological polar surface area (TPSA) is 66.6 Å². The summed E-state index contributed by atoms with van der Waals surface area (Å²) in [7, 11) is 1.80. The summed E-state index contributed by atoms with van der Waals surface area (Å²) in [6.45, 7) is 3.90. The number of nitrogens with two attached hydrogens (primary N) is 1. The van der Waals surface area contributed by atoms with Crippen molar-refractivity contribution in [3.8, 4) is 0 Å². The fourth-order valence-electron chi connectivity index (χ4n) is 2.09. The summed E-state index contributed by atoms with van der Waals surface area (Å²) in [6, 6.07) is 0. The largest absolute Gasteiger partial charge is 0.346 e. The van der Waals surface area contributed by atoms with Gasteiger partial charge in [0, 0.05) is 33.6 Å². The van der Waals surface area contributed by atoms with Crippen LogP contribution in [0.2, 0.25) is 0 Å². The van der Waals surface area contributed by atoms with Crippen LogP contribution in [0.25, 0.3) is 0 Å². The average Bonchev–Trinajstić information content (AvgIpc) is 2.28. The third kappa shape index (κ3) is 3.48. The Kier molecular flexibility index (Phi) is 4.73. The number of hydrogen-bond donors (Lipinski definition) is 1. The first-order valence-corrected chi connectivity index (χ1v) is 5.74. The van der Waals surface area contributed by atoms with Crippen molar-refractivity contribution < 1.29 is 9.59 Å². The van der Waals surface area contributed by atoms with E-state index >= 15 is 0 Å². The van der Waals surface area contributed by atoms with Crippen molar-refractivity contribution in [2.75, 3.05) is 33.2 Å². The normalized spacial score (nSPS) is 20.7. The van der Waals surface area contributed by atoms with E-state index in [-0.39, 0.29) is 18.4 Å². The van der Waals surface area contributed by atoms with Crippen LogP contribution in [0.3, 0.4) is 0 Å². The Bertz CT molecular complexity index is 268. The molecule has 0 saturated carbocycles. The lowest BCUT2D eigenvalue weighted by atomic mass is 9.97. The smallest absolute Gasteiger partial charge is 0.236 e. The van der Waals surface area contributed by atoms with Gasteiger partial charge in [-0.25, -0.2) is 0 Å². The van der Waals surface area contributed by atoms with Gasteiger partial charge in [0.2, 0.25) is 11.8 Å². The van der Waals surface area contributed by atoms with Gasteiger partial charge in [0.1, 0.15) is 0 Å². The third-order valence-electron chi connectivity index (χ3n) is 3.12. The Labute approximate surface area is 96.6 Å². The quantitative estimate of drug-likeness (QED) is 0.717. The number of amides is 2. The zero-order valence-electron chi connectivity index (χ0n) is 10.1. The Morgan fingerprint density at radius 1 is 1.50 bits per heavy atom. The van der Waals surface area contributed by atoms with Crippen molar-refractivity contribution >= 4 is 11.8 Å². The van der Waals surface area contributed by atoms with Crippen LogP contribution in [0.4, 0.5) is 0 Å². The predicted molar refractivity (Wildman–Crippen MR) is 61.7 cm³/mol. The molecular weight excluding hydrogens is 206 g/mol. The van der Waals surface area contributed by atoms with Gasteiger partial charge in [-0.05, 0) is 18.8 Å². The molecule has 0 bridgehead atoms. The van der Waals surface area contributed by atoms with Crippen LogP contribution in [-0.2, 0) is 9.59 Å². The van der Waals surface area contributed by atoms with Crippen molar-refractivity contribution in [1.82, 2.24) is 9.80 Å². The van der Waals surface area contributed by atoms with Crippen molar-refractivity contribution in [3.63, 3.8) is 0 Å². The number of carbonyl (C=O) groups excluding carboxylic acids is 2. The molecule has 1 heterocycles. The van der Waals surface area contributed by atoms with Crippen molar-refractivity contribution in [2.24, 2.45) is 11.7 Å². The molecule has 0 aromatic rings. The molecule has 5 heteroatoms. The molecule has 1 fully saturated rings. The Hall–Kier alpha value is -1.10. The highest BCUT2D eigenvalue weighted by atomic mass is 16.2. The Morgan fingerprint density at radius 3 is 2.75 bits per heavy atom. The number of carbonyl (C=O) groups is 2. The molecule has 2 N–H and O–H groups in total. The van der Waals surface area contributed by atoms with Gasteiger partial charge in [0.15, 0.2) is 0 Å². The highest BCUT2D eigenvalue weighted by molar-refractivity contribution is 5.78. The van der Waals surface area contributed by atoms with Gasteiger partial charge in [-0.15, -0.1) is 0 Å². The molecule has 16 heavy (non-hydrogen) atoms. The monoisotopic (exact) mass is 227 g/mol. The van der Waals surface area contributed by atoms with Crippen LogP contribution in [0.5, 0.6) is 0 Å². The van der Waals surface area contributed by atoms with Crippen LogP contribution in [0.15, 0.2) is 0 Å². The number of piperidine rings is 1. The fraction of sp³-hybridized carbons (Fsp3) is 0.818. The van der Waals surface area contributed by atoms with E-state index < -0.39 is 0 Å². The maximum Gasteiger partial charge on any atom is 0.236 e. The SMILES string of the molecule is CC(=O)N(C)CC1CCCN(C(=O)CN)C1. The van der Waals surface area contributed by atoms with E-state index in [1.165, 1.54) is 0 Å². The second kappa shape index (κ2) is 5.84. The van der Waals surface area contributed by atoms with Crippen LogP contribution in [0, 0.1) is 5.92 Å². The molecular formula is C11H21N3O2. The fourth-order valence-corrected chi connectivity index (χ4v) is 2.09. The summed E-state index contributed by atoms with van der Waals surface area (Å²) >= 11 is 0. The molecule has 0 aliphatic carbocycles. The number of nitrogens with zero attached hydrogens (tertiary/aromatic N) is 2. The summed E-state index contributed by atoms with van der Waals surface area (Å²) < 4.78 is 0. The van der Waals surface area contributed by atoms with E-state index in [9.17, 15) is 9.59 Å². The molecule has 5 nitrogen and oxygen atoms in total. The maximum atomic E-state index is 11.5. The molecule has 1 aliphatic rings. The first kappa shape index (κ1) is 13.0. The van der Waals surface area contributed by atoms with Gasteiger partial charge in [-0.3, -0.25) is 9.59 Å². The van der Waals surface area contributed by atoms with Crippen molar-refractivity contribution in [1.29, 1.82) is 0 Å². The molecule has 0 aromatic heterocycles. The molecule has 92 valence electrons. The zero-order valence-corrected chi connectivity index (χ0v) is 10.1. The first-order valence-electron chi connectivity index (χ1n) is 5.74. The second-order valence-corrected chi connectivity index (χ2v) is 4.45. The summed E-state index contributed by atoms with van der Waals surface area (Å²) in [5.41, 5.74) is 5.34. The van der Waals surface area contributed by atoms with E-state index in [1.807, 2.05) is 4.90 Å². The van der Waals surface area contributed by atoms with E-state index in [1.54, 1.807) is 18.9 Å². The van der Waals surface area contributed by atoms with E-state index in [4.69, 9.17) is 5.73 Å². The Balaban J connectivity index is 2.44. The number of rotatable bonds is 3. The van der Waals surface area contributed by atoms with E-state index in [2.05, 4.69) is 0 Å². The average molecular weight is 227 g/mol. The molecule has 1 saturated heterocycles. The first-order chi connectivity index (χ1) is 7.54. The minimum atomic E-state index is 0.00942. The van der Waals surface area contributed by atoms with Crippen LogP contribution in [-0.4, -0.2) is 54.8 Å². The molecule has 0 aromatic carbocycles. The maximum absolute atomic E-state index is 11.5. The second-order valence-electron chi connectivity index (χ2n) is 4.45. The van der Waals surface area contributed by atoms with Gasteiger partial charge in [-0.1, -0.05) is 0 Å². The van der Waals surface area contributed by atoms with Gasteiger partial charge in [-0.2, -0.15) is 0 Å². The van der Waals surface area contributed by atoms with Crippen molar-refractivity contribution in [2.45, 2.75) is 19.8 Å². The molecule has 1 aliphatic heterocycles.